The standard InChI is InChI=1S/C14H13BrClNSSi/c1-19(2,3)11-7-8(15)6-10-9-4-5-17-14(16)13(9)18-12(10)11/h4-7H,1-3H3. The lowest BCUT2D eigenvalue weighted by molar-refractivity contribution is 1.37. The molecule has 0 aliphatic heterocycles. The van der Waals surface area contributed by atoms with Gasteiger partial charge in [0.1, 0.15) is 5.15 Å². The molecular weight excluding hydrogens is 358 g/mol. The number of rotatable bonds is 1. The fourth-order valence-electron chi connectivity index (χ4n) is 2.29. The summed E-state index contributed by atoms with van der Waals surface area (Å²) in [7, 11) is -1.39. The van der Waals surface area contributed by atoms with Crippen LogP contribution in [0.5, 0.6) is 0 Å². The van der Waals surface area contributed by atoms with Crippen LogP contribution in [-0.2, 0) is 0 Å². The third kappa shape index (κ3) is 2.25. The number of thiophene rings is 1. The van der Waals surface area contributed by atoms with Gasteiger partial charge in [0.2, 0.25) is 0 Å². The van der Waals surface area contributed by atoms with Crippen molar-refractivity contribution in [3.63, 3.8) is 0 Å². The van der Waals surface area contributed by atoms with Gasteiger partial charge < -0.3 is 0 Å². The fraction of sp³-hybridized carbons (Fsp3) is 0.214. The number of benzene rings is 1. The van der Waals surface area contributed by atoms with E-state index in [2.05, 4.69) is 58.8 Å². The molecule has 0 spiro atoms. The van der Waals surface area contributed by atoms with Crippen LogP contribution in [0.4, 0.5) is 0 Å². The van der Waals surface area contributed by atoms with E-state index in [4.69, 9.17) is 11.6 Å². The van der Waals surface area contributed by atoms with E-state index in [1.54, 1.807) is 17.5 Å². The van der Waals surface area contributed by atoms with Gasteiger partial charge in [-0.3, -0.25) is 0 Å². The summed E-state index contributed by atoms with van der Waals surface area (Å²) in [6.07, 6.45) is 1.78. The summed E-state index contributed by atoms with van der Waals surface area (Å²) < 4.78 is 3.61. The molecule has 2 heterocycles. The minimum atomic E-state index is -1.39. The van der Waals surface area contributed by atoms with Crippen LogP contribution >= 0.6 is 38.9 Å². The van der Waals surface area contributed by atoms with Gasteiger partial charge in [0, 0.05) is 26.1 Å². The highest BCUT2D eigenvalue weighted by molar-refractivity contribution is 9.10. The Morgan fingerprint density at radius 3 is 2.58 bits per heavy atom. The van der Waals surface area contributed by atoms with E-state index < -0.39 is 8.07 Å². The van der Waals surface area contributed by atoms with Crippen molar-refractivity contribution in [1.82, 2.24) is 4.98 Å². The Morgan fingerprint density at radius 2 is 1.89 bits per heavy atom. The van der Waals surface area contributed by atoms with Gasteiger partial charge >= 0.3 is 0 Å². The first-order valence-electron chi connectivity index (χ1n) is 6.04. The van der Waals surface area contributed by atoms with Crippen LogP contribution < -0.4 is 5.19 Å². The van der Waals surface area contributed by atoms with Crippen LogP contribution in [0, 0.1) is 0 Å². The summed E-state index contributed by atoms with van der Waals surface area (Å²) in [6, 6.07) is 6.51. The molecule has 1 aromatic carbocycles. The molecule has 0 amide bonds. The molecule has 0 N–H and O–H groups in total. The highest BCUT2D eigenvalue weighted by Crippen LogP contribution is 2.38. The van der Waals surface area contributed by atoms with Crippen molar-refractivity contribution in [1.29, 1.82) is 0 Å². The van der Waals surface area contributed by atoms with E-state index in [1.165, 1.54) is 20.7 Å². The summed E-state index contributed by atoms with van der Waals surface area (Å²) >= 11 is 11.6. The maximum atomic E-state index is 6.23. The molecule has 98 valence electrons. The Morgan fingerprint density at radius 1 is 1.16 bits per heavy atom. The smallest absolute Gasteiger partial charge is 0.146 e. The lowest BCUT2D eigenvalue weighted by Gasteiger charge is -2.18. The lowest BCUT2D eigenvalue weighted by atomic mass is 10.2. The van der Waals surface area contributed by atoms with Gasteiger partial charge in [-0.1, -0.05) is 47.2 Å². The highest BCUT2D eigenvalue weighted by atomic mass is 79.9. The maximum absolute atomic E-state index is 6.23. The van der Waals surface area contributed by atoms with E-state index in [0.717, 1.165) is 9.17 Å². The van der Waals surface area contributed by atoms with Crippen molar-refractivity contribution in [2.45, 2.75) is 19.6 Å². The quantitative estimate of drug-likeness (QED) is 0.412. The fourth-order valence-corrected chi connectivity index (χ4v) is 6.79. The molecule has 0 radical (unpaired) electrons. The Bertz CT molecular complexity index is 791. The van der Waals surface area contributed by atoms with E-state index >= 15 is 0 Å². The Hall–Kier alpha value is -0.423. The minimum Gasteiger partial charge on any atom is -0.243 e. The predicted molar refractivity (Wildman–Crippen MR) is 92.8 cm³/mol. The molecular formula is C14H13BrClNSSi. The molecule has 0 saturated heterocycles. The zero-order chi connectivity index (χ0) is 13.8. The molecule has 5 heteroatoms. The van der Waals surface area contributed by atoms with Crippen molar-refractivity contribution in [3.05, 3.63) is 34.0 Å². The number of hydrogen-bond acceptors (Lipinski definition) is 2. The molecule has 0 atom stereocenters. The summed E-state index contributed by atoms with van der Waals surface area (Å²) in [5, 5.41) is 4.59. The monoisotopic (exact) mass is 369 g/mol. The summed E-state index contributed by atoms with van der Waals surface area (Å²) in [5.41, 5.74) is 0. The lowest BCUT2D eigenvalue weighted by Crippen LogP contribution is -2.37. The first kappa shape index (κ1) is 13.6. The molecule has 0 unspecified atom stereocenters. The van der Waals surface area contributed by atoms with E-state index in [9.17, 15) is 0 Å². The first-order valence-corrected chi connectivity index (χ1v) is 11.5. The average Bonchev–Trinajstić information content (AvgIpc) is 2.67. The number of nitrogens with zero attached hydrogens (tertiary/aromatic N) is 1. The molecule has 3 rings (SSSR count). The van der Waals surface area contributed by atoms with Crippen LogP contribution in [0.1, 0.15) is 0 Å². The molecule has 0 saturated carbocycles. The van der Waals surface area contributed by atoms with E-state index in [1.807, 2.05) is 0 Å². The van der Waals surface area contributed by atoms with Crippen molar-refractivity contribution < 1.29 is 0 Å². The third-order valence-corrected chi connectivity index (χ3v) is 7.53. The normalized spacial score (nSPS) is 12.5. The first-order chi connectivity index (χ1) is 8.88. The number of fused-ring (bicyclic) bond motifs is 3. The van der Waals surface area contributed by atoms with Gasteiger partial charge in [-0.2, -0.15) is 0 Å². The topological polar surface area (TPSA) is 12.9 Å². The Kier molecular flexibility index (Phi) is 3.25. The second-order valence-corrected chi connectivity index (χ2v) is 13.0. The van der Waals surface area contributed by atoms with Crippen molar-refractivity contribution in [2.24, 2.45) is 0 Å². The molecule has 3 aromatic rings. The van der Waals surface area contributed by atoms with Crippen LogP contribution in [0.3, 0.4) is 0 Å². The van der Waals surface area contributed by atoms with E-state index in [0.29, 0.717) is 5.15 Å². The number of hydrogen-bond donors (Lipinski definition) is 0. The van der Waals surface area contributed by atoms with Crippen molar-refractivity contribution >= 4 is 72.3 Å². The summed E-state index contributed by atoms with van der Waals surface area (Å²) in [6.45, 7) is 7.12. The van der Waals surface area contributed by atoms with Gasteiger partial charge in [-0.05, 0) is 23.4 Å². The van der Waals surface area contributed by atoms with Crippen LogP contribution in [0.25, 0.3) is 20.2 Å². The van der Waals surface area contributed by atoms with E-state index in [-0.39, 0.29) is 0 Å². The number of aromatic nitrogens is 1. The van der Waals surface area contributed by atoms with Crippen LogP contribution in [-0.4, -0.2) is 13.1 Å². The highest BCUT2D eigenvalue weighted by Gasteiger charge is 2.22. The Labute approximate surface area is 130 Å². The van der Waals surface area contributed by atoms with Gasteiger partial charge in [0.25, 0.3) is 0 Å². The average molecular weight is 371 g/mol. The van der Waals surface area contributed by atoms with Gasteiger partial charge in [-0.15, -0.1) is 11.3 Å². The Balaban J connectivity index is 2.54. The third-order valence-electron chi connectivity index (χ3n) is 3.22. The number of pyridine rings is 1. The summed E-state index contributed by atoms with van der Waals surface area (Å²) in [4.78, 5) is 4.19. The SMILES string of the molecule is C[Si](C)(C)c1cc(Br)cc2c1sc1c(Cl)nccc12. The molecule has 0 bridgehead atoms. The van der Waals surface area contributed by atoms with Crippen molar-refractivity contribution in [2.75, 3.05) is 0 Å². The van der Waals surface area contributed by atoms with Crippen LogP contribution in [0.2, 0.25) is 24.8 Å². The molecule has 19 heavy (non-hydrogen) atoms. The zero-order valence-corrected chi connectivity index (χ0v) is 15.1. The molecule has 0 fully saturated rings. The van der Waals surface area contributed by atoms with Gasteiger partial charge in [-0.25, -0.2) is 4.98 Å². The molecule has 2 aromatic heterocycles. The molecule has 0 aliphatic rings. The maximum Gasteiger partial charge on any atom is 0.146 e. The van der Waals surface area contributed by atoms with Gasteiger partial charge in [0.05, 0.1) is 12.8 Å². The van der Waals surface area contributed by atoms with Crippen LogP contribution in [0.15, 0.2) is 28.9 Å². The number of halogens is 2. The zero-order valence-electron chi connectivity index (χ0n) is 10.9. The van der Waals surface area contributed by atoms with Gasteiger partial charge in [0.15, 0.2) is 0 Å². The molecule has 1 nitrogen and oxygen atoms in total. The second kappa shape index (κ2) is 4.55. The molecule has 0 aliphatic carbocycles. The summed E-state index contributed by atoms with van der Waals surface area (Å²) in [5.74, 6) is 0. The minimum absolute atomic E-state index is 0.608. The second-order valence-electron chi connectivity index (χ2n) is 5.66. The predicted octanol–water partition coefficient (Wildman–Crippen LogP) is 5.41. The largest absolute Gasteiger partial charge is 0.243 e. The van der Waals surface area contributed by atoms with Crippen molar-refractivity contribution in [3.8, 4) is 0 Å².